The molecule has 3 atom stereocenters. The lowest BCUT2D eigenvalue weighted by Gasteiger charge is -2.20. The van der Waals surface area contributed by atoms with Gasteiger partial charge in [0.25, 0.3) is 0 Å². The van der Waals surface area contributed by atoms with E-state index in [9.17, 15) is 9.46 Å². The van der Waals surface area contributed by atoms with Crippen molar-refractivity contribution in [3.8, 4) is 0 Å². The minimum atomic E-state index is -3.89. The number of phosphoric acid groups is 1. The first-order valence-electron chi connectivity index (χ1n) is 8.60. The van der Waals surface area contributed by atoms with Gasteiger partial charge in [-0.3, -0.25) is 9.05 Å². The molecular formula is C16H35O4P. The molecule has 128 valence electrons. The second-order valence-corrected chi connectivity index (χ2v) is 7.35. The van der Waals surface area contributed by atoms with E-state index in [4.69, 9.17) is 9.05 Å². The van der Waals surface area contributed by atoms with Crippen LogP contribution in [0.2, 0.25) is 0 Å². The maximum atomic E-state index is 11.9. The van der Waals surface area contributed by atoms with Crippen LogP contribution in [-0.2, 0) is 13.6 Å². The first-order chi connectivity index (χ1) is 9.99. The Hall–Kier alpha value is 0.110. The van der Waals surface area contributed by atoms with Crippen LogP contribution in [0.1, 0.15) is 79.1 Å². The van der Waals surface area contributed by atoms with E-state index < -0.39 is 7.82 Å². The molecule has 0 fully saturated rings. The summed E-state index contributed by atoms with van der Waals surface area (Å²) < 4.78 is 22.2. The van der Waals surface area contributed by atoms with Gasteiger partial charge in [-0.1, -0.05) is 66.2 Å². The molecule has 0 aromatic heterocycles. The molecule has 1 N–H and O–H groups in total. The number of hydrogen-bond donors (Lipinski definition) is 1. The largest absolute Gasteiger partial charge is 0.472 e. The molecule has 0 spiro atoms. The van der Waals surface area contributed by atoms with Gasteiger partial charge in [0.1, 0.15) is 0 Å². The second-order valence-electron chi connectivity index (χ2n) is 5.89. The smallest absolute Gasteiger partial charge is 0.302 e. The topological polar surface area (TPSA) is 55.8 Å². The minimum Gasteiger partial charge on any atom is -0.302 e. The summed E-state index contributed by atoms with van der Waals surface area (Å²) in [7, 11) is -3.89. The molecule has 0 saturated heterocycles. The van der Waals surface area contributed by atoms with Crippen molar-refractivity contribution in [3.63, 3.8) is 0 Å². The molecule has 0 aromatic rings. The van der Waals surface area contributed by atoms with Crippen molar-refractivity contribution < 1.29 is 18.5 Å². The Labute approximate surface area is 131 Å². The molecule has 1 unspecified atom stereocenters. The monoisotopic (exact) mass is 322 g/mol. The van der Waals surface area contributed by atoms with Gasteiger partial charge in [0.2, 0.25) is 0 Å². The van der Waals surface area contributed by atoms with Crippen LogP contribution >= 0.6 is 7.82 Å². The zero-order valence-corrected chi connectivity index (χ0v) is 15.2. The second kappa shape index (κ2) is 12.6. The van der Waals surface area contributed by atoms with Crippen LogP contribution in [0.4, 0.5) is 0 Å². The highest BCUT2D eigenvalue weighted by molar-refractivity contribution is 7.47. The highest BCUT2D eigenvalue weighted by Gasteiger charge is 2.24. The van der Waals surface area contributed by atoms with Crippen LogP contribution in [0.3, 0.4) is 0 Å². The Morgan fingerprint density at radius 3 is 1.52 bits per heavy atom. The van der Waals surface area contributed by atoms with Gasteiger partial charge in [-0.05, 0) is 24.7 Å². The summed E-state index contributed by atoms with van der Waals surface area (Å²) in [5, 5.41) is 0. The number of hydrogen-bond acceptors (Lipinski definition) is 3. The lowest BCUT2D eigenvalue weighted by atomic mass is 10.0. The van der Waals surface area contributed by atoms with E-state index in [1.807, 2.05) is 0 Å². The third-order valence-electron chi connectivity index (χ3n) is 4.03. The predicted octanol–water partition coefficient (Wildman–Crippen LogP) is 5.55. The standard InChI is InChI=1S/C16H35O4P/c1-5-9-11-15(7-3)13-19-21(17,18)20-14-16(8-4)12-10-6-2/h15-16H,5-14H2,1-4H3,(H,17,18)/t15-,16+. The van der Waals surface area contributed by atoms with Gasteiger partial charge in [0.05, 0.1) is 13.2 Å². The first-order valence-corrected chi connectivity index (χ1v) is 10.1. The maximum absolute atomic E-state index is 11.9. The van der Waals surface area contributed by atoms with E-state index in [1.54, 1.807) is 0 Å². The van der Waals surface area contributed by atoms with E-state index in [0.717, 1.165) is 51.4 Å². The van der Waals surface area contributed by atoms with Crippen molar-refractivity contribution >= 4 is 7.82 Å². The molecule has 0 saturated carbocycles. The lowest BCUT2D eigenvalue weighted by Crippen LogP contribution is -2.12. The van der Waals surface area contributed by atoms with E-state index in [-0.39, 0.29) is 0 Å². The van der Waals surface area contributed by atoms with Gasteiger partial charge in [-0.2, -0.15) is 0 Å². The summed E-state index contributed by atoms with van der Waals surface area (Å²) in [6, 6.07) is 0. The summed E-state index contributed by atoms with van der Waals surface area (Å²) in [5.74, 6) is 0.687. The van der Waals surface area contributed by atoms with Crippen molar-refractivity contribution in [2.45, 2.75) is 79.1 Å². The highest BCUT2D eigenvalue weighted by Crippen LogP contribution is 2.44. The average Bonchev–Trinajstić information content (AvgIpc) is 2.47. The Morgan fingerprint density at radius 1 is 0.857 bits per heavy atom. The van der Waals surface area contributed by atoms with Gasteiger partial charge in [-0.15, -0.1) is 0 Å². The molecule has 4 nitrogen and oxygen atoms in total. The predicted molar refractivity (Wildman–Crippen MR) is 88.3 cm³/mol. The average molecular weight is 322 g/mol. The van der Waals surface area contributed by atoms with Gasteiger partial charge in [-0.25, -0.2) is 4.57 Å². The van der Waals surface area contributed by atoms with Gasteiger partial charge >= 0.3 is 7.82 Å². The summed E-state index contributed by atoms with van der Waals surface area (Å²) in [4.78, 5) is 9.77. The first kappa shape index (κ1) is 21.1. The zero-order chi connectivity index (χ0) is 16.1. The van der Waals surface area contributed by atoms with Crippen LogP contribution in [0.25, 0.3) is 0 Å². The Morgan fingerprint density at radius 2 is 1.24 bits per heavy atom. The molecule has 21 heavy (non-hydrogen) atoms. The van der Waals surface area contributed by atoms with Crippen LogP contribution in [0.15, 0.2) is 0 Å². The van der Waals surface area contributed by atoms with Crippen LogP contribution in [-0.4, -0.2) is 18.1 Å². The van der Waals surface area contributed by atoms with E-state index in [0.29, 0.717) is 25.0 Å². The Balaban J connectivity index is 4.08. The minimum absolute atomic E-state index is 0.316. The van der Waals surface area contributed by atoms with Crippen molar-refractivity contribution in [2.24, 2.45) is 11.8 Å². The third-order valence-corrected chi connectivity index (χ3v) is 4.98. The van der Waals surface area contributed by atoms with Gasteiger partial charge in [0, 0.05) is 0 Å². The molecule has 0 aliphatic rings. The molecule has 0 heterocycles. The van der Waals surface area contributed by atoms with Crippen molar-refractivity contribution in [3.05, 3.63) is 0 Å². The third kappa shape index (κ3) is 11.3. The maximum Gasteiger partial charge on any atom is 0.472 e. The molecule has 5 heteroatoms. The molecule has 0 radical (unpaired) electrons. The number of phosphoric ester groups is 1. The van der Waals surface area contributed by atoms with Crippen molar-refractivity contribution in [1.82, 2.24) is 0 Å². The van der Waals surface area contributed by atoms with Gasteiger partial charge in [0.15, 0.2) is 0 Å². The molecule has 0 rings (SSSR count). The Kier molecular flexibility index (Phi) is 12.7. The summed E-state index contributed by atoms with van der Waals surface area (Å²) in [5.41, 5.74) is 0. The fraction of sp³-hybridized carbons (Fsp3) is 1.00. The van der Waals surface area contributed by atoms with Crippen molar-refractivity contribution in [1.29, 1.82) is 0 Å². The van der Waals surface area contributed by atoms with E-state index >= 15 is 0 Å². The quantitative estimate of drug-likeness (QED) is 0.426. The van der Waals surface area contributed by atoms with Crippen molar-refractivity contribution in [2.75, 3.05) is 13.2 Å². The van der Waals surface area contributed by atoms with E-state index in [2.05, 4.69) is 27.7 Å². The molecular weight excluding hydrogens is 287 g/mol. The highest BCUT2D eigenvalue weighted by atomic mass is 31.2. The van der Waals surface area contributed by atoms with Crippen LogP contribution in [0.5, 0.6) is 0 Å². The molecule has 0 aliphatic heterocycles. The summed E-state index contributed by atoms with van der Waals surface area (Å²) in [6.45, 7) is 9.10. The Bertz CT molecular complexity index is 259. The summed E-state index contributed by atoms with van der Waals surface area (Å²) >= 11 is 0. The van der Waals surface area contributed by atoms with Crippen LogP contribution < -0.4 is 0 Å². The number of rotatable bonds is 14. The van der Waals surface area contributed by atoms with Crippen LogP contribution in [0, 0.1) is 11.8 Å². The molecule has 0 aliphatic carbocycles. The SMILES string of the molecule is CCCC[C@@H](CC)COP(=O)(O)OC[C@@H](CC)CCCC. The molecule has 0 bridgehead atoms. The number of unbranched alkanes of at least 4 members (excludes halogenated alkanes) is 2. The van der Waals surface area contributed by atoms with Gasteiger partial charge < -0.3 is 4.89 Å². The molecule has 0 aromatic carbocycles. The normalized spacial score (nSPS) is 17.4. The lowest BCUT2D eigenvalue weighted by molar-refractivity contribution is 0.110. The zero-order valence-electron chi connectivity index (χ0n) is 14.3. The molecule has 0 amide bonds. The fourth-order valence-corrected chi connectivity index (χ4v) is 3.11. The fourth-order valence-electron chi connectivity index (χ4n) is 2.23. The van der Waals surface area contributed by atoms with E-state index in [1.165, 1.54) is 0 Å². The summed E-state index contributed by atoms with van der Waals surface area (Å²) in [6.07, 6.45) is 8.56.